The SMILES string of the molecule is Cc1cc(C)c(C2=NO[C@@H](C(Cl)(Cl)Cl)N2C(=O)O/N=C(/Cl)c2c(C)cc(C)cc2C)c(C)c1. The van der Waals surface area contributed by atoms with Crippen LogP contribution in [0.5, 0.6) is 0 Å². The third kappa shape index (κ3) is 5.40. The van der Waals surface area contributed by atoms with Crippen LogP contribution in [-0.4, -0.2) is 32.0 Å². The van der Waals surface area contributed by atoms with Gasteiger partial charge in [-0.15, -0.1) is 0 Å². The topological polar surface area (TPSA) is 63.5 Å². The van der Waals surface area contributed by atoms with E-state index in [9.17, 15) is 4.79 Å². The predicted octanol–water partition coefficient (Wildman–Crippen LogP) is 6.96. The molecule has 0 unspecified atom stereocenters. The largest absolute Gasteiger partial charge is 0.445 e. The summed E-state index contributed by atoms with van der Waals surface area (Å²) in [6, 6.07) is 7.83. The monoisotopic (exact) mass is 529 g/mol. The first-order chi connectivity index (χ1) is 15.3. The summed E-state index contributed by atoms with van der Waals surface area (Å²) in [5.74, 6) is 0.153. The minimum atomic E-state index is -2.01. The van der Waals surface area contributed by atoms with Gasteiger partial charge in [0.05, 0.1) is 0 Å². The molecule has 0 aromatic heterocycles. The van der Waals surface area contributed by atoms with Crippen molar-refractivity contribution in [3.05, 3.63) is 68.8 Å². The predicted molar refractivity (Wildman–Crippen MR) is 134 cm³/mol. The Kier molecular flexibility index (Phi) is 7.54. The van der Waals surface area contributed by atoms with E-state index in [1.54, 1.807) is 0 Å². The fraction of sp³-hybridized carbons (Fsp3) is 0.348. The van der Waals surface area contributed by atoms with Gasteiger partial charge in [0.15, 0.2) is 11.0 Å². The van der Waals surface area contributed by atoms with Crippen LogP contribution in [0.2, 0.25) is 0 Å². The molecule has 0 fully saturated rings. The van der Waals surface area contributed by atoms with Crippen molar-refractivity contribution in [3.8, 4) is 0 Å². The molecule has 3 rings (SSSR count). The molecule has 0 spiro atoms. The van der Waals surface area contributed by atoms with Gasteiger partial charge < -0.3 is 4.84 Å². The zero-order valence-electron chi connectivity index (χ0n) is 19.0. The Morgan fingerprint density at radius 1 is 0.970 bits per heavy atom. The molecule has 10 heteroatoms. The van der Waals surface area contributed by atoms with Crippen LogP contribution in [0, 0.1) is 41.5 Å². The van der Waals surface area contributed by atoms with Gasteiger partial charge in [-0.2, -0.15) is 0 Å². The maximum Gasteiger partial charge on any atom is 0.445 e. The Bertz CT molecular complexity index is 1130. The zero-order chi connectivity index (χ0) is 24.7. The van der Waals surface area contributed by atoms with Gasteiger partial charge in [0.1, 0.15) is 0 Å². The fourth-order valence-corrected chi connectivity index (χ4v) is 4.81. The Hall–Kier alpha value is -1.99. The van der Waals surface area contributed by atoms with Crippen LogP contribution in [0.4, 0.5) is 4.79 Å². The molecule has 0 radical (unpaired) electrons. The van der Waals surface area contributed by atoms with Crippen LogP contribution in [0.3, 0.4) is 0 Å². The fourth-order valence-electron chi connectivity index (χ4n) is 4.06. The van der Waals surface area contributed by atoms with Gasteiger partial charge in [-0.3, -0.25) is 4.84 Å². The molecule has 1 amide bonds. The summed E-state index contributed by atoms with van der Waals surface area (Å²) in [4.78, 5) is 24.7. The van der Waals surface area contributed by atoms with Gasteiger partial charge in [-0.1, -0.05) is 92.1 Å². The van der Waals surface area contributed by atoms with Crippen LogP contribution < -0.4 is 0 Å². The van der Waals surface area contributed by atoms with E-state index in [0.29, 0.717) is 11.1 Å². The molecule has 0 saturated carbocycles. The van der Waals surface area contributed by atoms with E-state index >= 15 is 0 Å². The molecule has 1 heterocycles. The number of carbonyl (C=O) groups is 1. The molecule has 33 heavy (non-hydrogen) atoms. The van der Waals surface area contributed by atoms with Crippen molar-refractivity contribution in [2.24, 2.45) is 10.3 Å². The lowest BCUT2D eigenvalue weighted by Gasteiger charge is -2.27. The summed E-state index contributed by atoms with van der Waals surface area (Å²) in [6.45, 7) is 11.5. The van der Waals surface area contributed by atoms with E-state index < -0.39 is 16.1 Å². The normalized spacial score (nSPS) is 16.5. The van der Waals surface area contributed by atoms with Crippen molar-refractivity contribution in [3.63, 3.8) is 0 Å². The second-order valence-electron chi connectivity index (χ2n) is 8.07. The molecular weight excluding hydrogens is 508 g/mol. The summed E-state index contributed by atoms with van der Waals surface area (Å²) in [7, 11) is 0. The third-order valence-electron chi connectivity index (χ3n) is 5.17. The summed E-state index contributed by atoms with van der Waals surface area (Å²) < 4.78 is -2.01. The first kappa shape index (κ1) is 25.6. The number of rotatable bonds is 3. The maximum absolute atomic E-state index is 13.1. The lowest BCUT2D eigenvalue weighted by Crippen LogP contribution is -2.48. The number of hydrogen-bond acceptors (Lipinski definition) is 5. The van der Waals surface area contributed by atoms with E-state index in [-0.39, 0.29) is 11.0 Å². The number of amides is 1. The minimum absolute atomic E-state index is 0.0186. The molecule has 176 valence electrons. The van der Waals surface area contributed by atoms with E-state index in [2.05, 4.69) is 10.3 Å². The molecule has 1 atom stereocenters. The molecular formula is C23H23Cl4N3O3. The lowest BCUT2D eigenvalue weighted by molar-refractivity contribution is 0.0102. The first-order valence-corrected chi connectivity index (χ1v) is 11.5. The molecule has 6 nitrogen and oxygen atoms in total. The molecule has 2 aromatic rings. The molecule has 0 bridgehead atoms. The Balaban J connectivity index is 1.97. The van der Waals surface area contributed by atoms with Gasteiger partial charge in [-0.05, 0) is 63.8 Å². The molecule has 0 N–H and O–H groups in total. The summed E-state index contributed by atoms with van der Waals surface area (Å²) in [5.41, 5.74) is 7.00. The molecule has 1 aliphatic rings. The number of aryl methyl sites for hydroxylation is 6. The standard InChI is InChI=1S/C23H23Cl4N3O3/c1-11-7-13(3)17(14(4)8-11)19(24)28-33-22(31)30-20(29-32-21(30)23(25,26)27)18-15(5)9-12(2)10-16(18)6/h7-10,21H,1-6H3/b28-19+/t21-/m0/s1. The first-order valence-electron chi connectivity index (χ1n) is 10.0. The second-order valence-corrected chi connectivity index (χ2v) is 10.8. The van der Waals surface area contributed by atoms with Gasteiger partial charge in [-0.25, -0.2) is 9.69 Å². The highest BCUT2D eigenvalue weighted by molar-refractivity contribution is 6.70. The van der Waals surface area contributed by atoms with Crippen molar-refractivity contribution in [1.82, 2.24) is 4.90 Å². The highest BCUT2D eigenvalue weighted by atomic mass is 35.6. The van der Waals surface area contributed by atoms with Crippen molar-refractivity contribution in [2.45, 2.75) is 51.6 Å². The Morgan fingerprint density at radius 3 is 1.94 bits per heavy atom. The minimum Gasteiger partial charge on any atom is -0.363 e. The van der Waals surface area contributed by atoms with Crippen molar-refractivity contribution < 1.29 is 14.5 Å². The smallest absolute Gasteiger partial charge is 0.363 e. The van der Waals surface area contributed by atoms with Crippen LogP contribution in [0.15, 0.2) is 34.6 Å². The summed E-state index contributed by atoms with van der Waals surface area (Å²) in [6.07, 6.45) is -2.32. The number of oxime groups is 2. The number of hydrogen-bond donors (Lipinski definition) is 0. The van der Waals surface area contributed by atoms with Crippen LogP contribution in [0.25, 0.3) is 0 Å². The summed E-state index contributed by atoms with van der Waals surface area (Å²) in [5, 5.41) is 7.90. The number of nitrogens with zero attached hydrogens (tertiary/aromatic N) is 3. The maximum atomic E-state index is 13.1. The lowest BCUT2D eigenvalue weighted by atomic mass is 9.98. The van der Waals surface area contributed by atoms with Crippen LogP contribution in [-0.2, 0) is 9.68 Å². The Labute approximate surface area is 213 Å². The Morgan fingerprint density at radius 2 is 1.45 bits per heavy atom. The average molecular weight is 531 g/mol. The van der Waals surface area contributed by atoms with Gasteiger partial charge in [0, 0.05) is 11.1 Å². The quantitative estimate of drug-likeness (QED) is 0.186. The summed E-state index contributed by atoms with van der Waals surface area (Å²) >= 11 is 24.6. The van der Waals surface area contributed by atoms with Gasteiger partial charge in [0.25, 0.3) is 6.23 Å². The number of amidine groups is 1. The van der Waals surface area contributed by atoms with E-state index in [1.807, 2.05) is 65.8 Å². The number of benzene rings is 2. The molecule has 0 aliphatic carbocycles. The number of carbonyl (C=O) groups excluding carboxylic acids is 1. The zero-order valence-corrected chi connectivity index (χ0v) is 22.0. The van der Waals surface area contributed by atoms with Gasteiger partial charge >= 0.3 is 6.09 Å². The highest BCUT2D eigenvalue weighted by Gasteiger charge is 2.50. The second kappa shape index (κ2) is 9.71. The average Bonchev–Trinajstić information content (AvgIpc) is 3.09. The van der Waals surface area contributed by atoms with Crippen molar-refractivity contribution >= 4 is 63.5 Å². The molecule has 1 aliphatic heterocycles. The number of alkyl halides is 3. The van der Waals surface area contributed by atoms with E-state index in [4.69, 9.17) is 56.1 Å². The van der Waals surface area contributed by atoms with Crippen LogP contribution in [0.1, 0.15) is 44.5 Å². The van der Waals surface area contributed by atoms with E-state index in [0.717, 1.165) is 38.3 Å². The van der Waals surface area contributed by atoms with Gasteiger partial charge in [0.2, 0.25) is 3.79 Å². The van der Waals surface area contributed by atoms with E-state index in [1.165, 1.54) is 0 Å². The molecule has 2 aromatic carbocycles. The van der Waals surface area contributed by atoms with Crippen molar-refractivity contribution in [2.75, 3.05) is 0 Å². The van der Waals surface area contributed by atoms with Crippen LogP contribution >= 0.6 is 46.4 Å². The third-order valence-corrected chi connectivity index (χ3v) is 5.98. The highest BCUT2D eigenvalue weighted by Crippen LogP contribution is 2.39. The molecule has 0 saturated heterocycles. The van der Waals surface area contributed by atoms with Crippen molar-refractivity contribution in [1.29, 1.82) is 0 Å². The number of halogens is 4.